The maximum absolute atomic E-state index is 11.6. The first-order valence-corrected chi connectivity index (χ1v) is 6.89. The van der Waals surface area contributed by atoms with Crippen LogP contribution in [-0.2, 0) is 14.4 Å². The molecule has 0 saturated carbocycles. The molecule has 0 N–H and O–H groups in total. The molecule has 0 spiro atoms. The fourth-order valence-electron chi connectivity index (χ4n) is 1.05. The molecule has 17 heavy (non-hydrogen) atoms. The summed E-state index contributed by atoms with van der Waals surface area (Å²) in [5.74, 6) is 0. The standard InChI is InChI=1S/C10H8N2O3S2/c13-17(14,9-4-2-1-3-5-9)15-12-8-10-11-6-7-16-10/h1-8H. The highest BCUT2D eigenvalue weighted by atomic mass is 32.2. The Balaban J connectivity index is 2.09. The molecule has 0 radical (unpaired) electrons. The Morgan fingerprint density at radius 1 is 1.29 bits per heavy atom. The highest BCUT2D eigenvalue weighted by Crippen LogP contribution is 2.11. The quantitative estimate of drug-likeness (QED) is 0.627. The van der Waals surface area contributed by atoms with Gasteiger partial charge in [0.25, 0.3) is 0 Å². The maximum atomic E-state index is 11.6. The van der Waals surface area contributed by atoms with Gasteiger partial charge in [0.15, 0.2) is 0 Å². The van der Waals surface area contributed by atoms with Gasteiger partial charge in [-0.25, -0.2) is 4.98 Å². The molecule has 0 bridgehead atoms. The lowest BCUT2D eigenvalue weighted by atomic mass is 10.4. The summed E-state index contributed by atoms with van der Waals surface area (Å²) in [5.41, 5.74) is 0. The van der Waals surface area contributed by atoms with Crippen LogP contribution in [0.25, 0.3) is 0 Å². The zero-order chi connectivity index (χ0) is 12.1. The third-order valence-corrected chi connectivity index (χ3v) is 3.63. The number of rotatable bonds is 4. The average molecular weight is 268 g/mol. The molecule has 5 nitrogen and oxygen atoms in total. The molecule has 7 heteroatoms. The van der Waals surface area contributed by atoms with E-state index >= 15 is 0 Å². The van der Waals surface area contributed by atoms with Crippen LogP contribution in [0, 0.1) is 0 Å². The molecule has 1 aromatic carbocycles. The van der Waals surface area contributed by atoms with Gasteiger partial charge in [0, 0.05) is 11.6 Å². The van der Waals surface area contributed by atoms with E-state index in [0.29, 0.717) is 5.01 Å². The highest BCUT2D eigenvalue weighted by molar-refractivity contribution is 7.86. The second kappa shape index (κ2) is 5.07. The van der Waals surface area contributed by atoms with Crippen LogP contribution in [0.4, 0.5) is 0 Å². The Morgan fingerprint density at radius 3 is 2.71 bits per heavy atom. The first kappa shape index (κ1) is 11.7. The minimum Gasteiger partial charge on any atom is -0.265 e. The van der Waals surface area contributed by atoms with E-state index in [1.165, 1.54) is 29.7 Å². The fourth-order valence-corrected chi connectivity index (χ4v) is 2.27. The Morgan fingerprint density at radius 2 is 2.06 bits per heavy atom. The van der Waals surface area contributed by atoms with E-state index in [-0.39, 0.29) is 4.90 Å². The topological polar surface area (TPSA) is 68.6 Å². The molecule has 0 saturated heterocycles. The average Bonchev–Trinajstić information content (AvgIpc) is 2.83. The summed E-state index contributed by atoms with van der Waals surface area (Å²) in [6.07, 6.45) is 2.85. The molecule has 2 aromatic rings. The van der Waals surface area contributed by atoms with Gasteiger partial charge in [-0.1, -0.05) is 23.4 Å². The van der Waals surface area contributed by atoms with Crippen molar-refractivity contribution >= 4 is 27.7 Å². The smallest absolute Gasteiger partial charge is 0.265 e. The third kappa shape index (κ3) is 3.11. The summed E-state index contributed by atoms with van der Waals surface area (Å²) in [5, 5.41) is 5.73. The second-order valence-electron chi connectivity index (χ2n) is 2.95. The summed E-state index contributed by atoms with van der Waals surface area (Å²) in [4.78, 5) is 3.97. The molecule has 0 aliphatic rings. The Kier molecular flexibility index (Phi) is 3.50. The van der Waals surface area contributed by atoms with Gasteiger partial charge in [-0.05, 0) is 12.1 Å². The molecule has 0 unspecified atom stereocenters. The van der Waals surface area contributed by atoms with Gasteiger partial charge in [0.1, 0.15) is 16.1 Å². The van der Waals surface area contributed by atoms with Crippen molar-refractivity contribution in [2.45, 2.75) is 4.90 Å². The van der Waals surface area contributed by atoms with E-state index in [9.17, 15) is 8.42 Å². The summed E-state index contributed by atoms with van der Waals surface area (Å²) in [7, 11) is -3.83. The largest absolute Gasteiger partial charge is 0.358 e. The molecule has 1 heterocycles. The molecule has 0 aliphatic heterocycles. The SMILES string of the molecule is O=S(=O)(ON=Cc1nccs1)c1ccccc1. The number of hydrogen-bond donors (Lipinski definition) is 0. The van der Waals surface area contributed by atoms with Crippen LogP contribution < -0.4 is 0 Å². The van der Waals surface area contributed by atoms with Gasteiger partial charge in [-0.2, -0.15) is 8.42 Å². The molecule has 0 amide bonds. The minimum atomic E-state index is -3.83. The maximum Gasteiger partial charge on any atom is 0.358 e. The van der Waals surface area contributed by atoms with Crippen LogP contribution in [0.5, 0.6) is 0 Å². The lowest BCUT2D eigenvalue weighted by molar-refractivity contribution is 0.341. The van der Waals surface area contributed by atoms with Crippen LogP contribution in [0.15, 0.2) is 52.0 Å². The van der Waals surface area contributed by atoms with Crippen molar-refractivity contribution in [3.63, 3.8) is 0 Å². The van der Waals surface area contributed by atoms with Crippen LogP contribution in [0.2, 0.25) is 0 Å². The predicted molar refractivity (Wildman–Crippen MR) is 64.4 cm³/mol. The van der Waals surface area contributed by atoms with E-state index in [2.05, 4.69) is 14.4 Å². The Bertz CT molecular complexity index is 592. The number of nitrogens with zero attached hydrogens (tertiary/aromatic N) is 2. The highest BCUT2D eigenvalue weighted by Gasteiger charge is 2.14. The van der Waals surface area contributed by atoms with Crippen molar-refractivity contribution in [2.24, 2.45) is 5.16 Å². The predicted octanol–water partition coefficient (Wildman–Crippen LogP) is 1.88. The number of hydrogen-bond acceptors (Lipinski definition) is 6. The zero-order valence-corrected chi connectivity index (χ0v) is 10.2. The van der Waals surface area contributed by atoms with Crippen molar-refractivity contribution in [3.05, 3.63) is 46.9 Å². The monoisotopic (exact) mass is 268 g/mol. The number of aromatic nitrogens is 1. The zero-order valence-electron chi connectivity index (χ0n) is 8.55. The lowest BCUT2D eigenvalue weighted by Gasteiger charge is -1.99. The van der Waals surface area contributed by atoms with Crippen molar-refractivity contribution < 1.29 is 12.7 Å². The van der Waals surface area contributed by atoms with Gasteiger partial charge < -0.3 is 0 Å². The van der Waals surface area contributed by atoms with Gasteiger partial charge in [0.05, 0.1) is 0 Å². The van der Waals surface area contributed by atoms with E-state index in [1.54, 1.807) is 29.8 Å². The van der Waals surface area contributed by atoms with Gasteiger partial charge in [0.2, 0.25) is 0 Å². The Hall–Kier alpha value is -1.73. The first-order chi connectivity index (χ1) is 8.18. The van der Waals surface area contributed by atoms with E-state index in [0.717, 1.165) is 0 Å². The van der Waals surface area contributed by atoms with Crippen molar-refractivity contribution in [3.8, 4) is 0 Å². The van der Waals surface area contributed by atoms with Gasteiger partial charge in [-0.3, -0.25) is 4.28 Å². The van der Waals surface area contributed by atoms with Crippen molar-refractivity contribution in [1.29, 1.82) is 0 Å². The number of oxime groups is 1. The second-order valence-corrected chi connectivity index (χ2v) is 5.40. The molecule has 88 valence electrons. The van der Waals surface area contributed by atoms with Crippen LogP contribution in [-0.4, -0.2) is 19.6 Å². The van der Waals surface area contributed by atoms with E-state index in [1.807, 2.05) is 0 Å². The first-order valence-electron chi connectivity index (χ1n) is 4.60. The van der Waals surface area contributed by atoms with E-state index < -0.39 is 10.1 Å². The van der Waals surface area contributed by atoms with Crippen molar-refractivity contribution in [1.82, 2.24) is 4.98 Å². The molecule has 0 fully saturated rings. The number of thiazole rings is 1. The summed E-state index contributed by atoms with van der Waals surface area (Å²) in [6, 6.07) is 7.82. The molecule has 1 aromatic heterocycles. The molecular weight excluding hydrogens is 260 g/mol. The van der Waals surface area contributed by atoms with Gasteiger partial charge >= 0.3 is 10.1 Å². The van der Waals surface area contributed by atoms with Gasteiger partial charge in [-0.15, -0.1) is 11.3 Å². The lowest BCUT2D eigenvalue weighted by Crippen LogP contribution is -2.02. The summed E-state index contributed by atoms with van der Waals surface area (Å²) in [6.45, 7) is 0. The summed E-state index contributed by atoms with van der Waals surface area (Å²) >= 11 is 1.33. The minimum absolute atomic E-state index is 0.0660. The Labute approximate surface area is 103 Å². The van der Waals surface area contributed by atoms with Crippen LogP contribution in [0.1, 0.15) is 5.01 Å². The van der Waals surface area contributed by atoms with E-state index in [4.69, 9.17) is 0 Å². The molecule has 0 atom stereocenters. The molecule has 2 rings (SSSR count). The third-order valence-electron chi connectivity index (χ3n) is 1.79. The fraction of sp³-hybridized carbons (Fsp3) is 0. The molecular formula is C10H8N2O3S2. The van der Waals surface area contributed by atoms with Crippen LogP contribution >= 0.6 is 11.3 Å². The number of benzene rings is 1. The summed E-state index contributed by atoms with van der Waals surface area (Å²) < 4.78 is 27.7. The van der Waals surface area contributed by atoms with Crippen molar-refractivity contribution in [2.75, 3.05) is 0 Å². The van der Waals surface area contributed by atoms with Crippen LogP contribution in [0.3, 0.4) is 0 Å². The normalized spacial score (nSPS) is 11.8. The molecule has 0 aliphatic carbocycles.